The van der Waals surface area contributed by atoms with Gasteiger partial charge < -0.3 is 19.7 Å². The smallest absolute Gasteiger partial charge is 0.258 e. The summed E-state index contributed by atoms with van der Waals surface area (Å²) in [7, 11) is 0. The number of aromatic nitrogens is 2. The normalized spacial score (nSPS) is 19.5. The van der Waals surface area contributed by atoms with Crippen LogP contribution in [-0.2, 0) is 9.47 Å². The summed E-state index contributed by atoms with van der Waals surface area (Å²) in [5.41, 5.74) is 6.95. The lowest BCUT2D eigenvalue weighted by atomic mass is 10.2. The van der Waals surface area contributed by atoms with Gasteiger partial charge in [-0.05, 0) is 18.2 Å². The minimum Gasteiger partial charge on any atom is -0.399 e. The van der Waals surface area contributed by atoms with Crippen molar-refractivity contribution in [3.63, 3.8) is 0 Å². The van der Waals surface area contributed by atoms with Gasteiger partial charge in [0.1, 0.15) is 6.10 Å². The van der Waals surface area contributed by atoms with Crippen LogP contribution in [-0.4, -0.2) is 30.0 Å². The first-order valence-electron chi connectivity index (χ1n) is 5.82. The number of anilines is 1. The van der Waals surface area contributed by atoms with Crippen LogP contribution in [0.15, 0.2) is 22.7 Å². The van der Waals surface area contributed by atoms with Crippen LogP contribution < -0.4 is 5.73 Å². The fourth-order valence-corrected chi connectivity index (χ4v) is 2.10. The van der Waals surface area contributed by atoms with Crippen molar-refractivity contribution in [1.29, 1.82) is 0 Å². The van der Waals surface area contributed by atoms with Crippen molar-refractivity contribution in [1.82, 2.24) is 10.1 Å². The van der Waals surface area contributed by atoms with Gasteiger partial charge in [-0.25, -0.2) is 0 Å². The van der Waals surface area contributed by atoms with E-state index >= 15 is 0 Å². The molecule has 7 heteroatoms. The van der Waals surface area contributed by atoms with Crippen molar-refractivity contribution in [2.24, 2.45) is 0 Å². The molecule has 1 atom stereocenters. The molecular formula is C12H12ClN3O3. The van der Waals surface area contributed by atoms with E-state index in [0.717, 1.165) is 0 Å². The number of nitrogens with two attached hydrogens (primary N) is 1. The van der Waals surface area contributed by atoms with E-state index in [1.54, 1.807) is 18.2 Å². The van der Waals surface area contributed by atoms with Gasteiger partial charge >= 0.3 is 0 Å². The third-order valence-corrected chi connectivity index (χ3v) is 2.93. The number of hydrogen-bond donors (Lipinski definition) is 1. The summed E-state index contributed by atoms with van der Waals surface area (Å²) in [4.78, 5) is 4.29. The monoisotopic (exact) mass is 281 g/mol. The van der Waals surface area contributed by atoms with Crippen molar-refractivity contribution in [3.8, 4) is 11.5 Å². The summed E-state index contributed by atoms with van der Waals surface area (Å²) in [6.45, 7) is 1.54. The Hall–Kier alpha value is -1.63. The highest BCUT2D eigenvalue weighted by atomic mass is 35.5. The van der Waals surface area contributed by atoms with Gasteiger partial charge in [0.2, 0.25) is 5.82 Å². The van der Waals surface area contributed by atoms with Crippen molar-refractivity contribution >= 4 is 17.3 Å². The van der Waals surface area contributed by atoms with Crippen LogP contribution >= 0.6 is 11.6 Å². The minimum atomic E-state index is -0.289. The van der Waals surface area contributed by atoms with E-state index in [1.165, 1.54) is 0 Å². The van der Waals surface area contributed by atoms with Crippen LogP contribution in [0.4, 0.5) is 5.69 Å². The molecule has 100 valence electrons. The van der Waals surface area contributed by atoms with Gasteiger partial charge in [0.25, 0.3) is 5.89 Å². The van der Waals surface area contributed by atoms with Gasteiger partial charge in [-0.3, -0.25) is 0 Å². The lowest BCUT2D eigenvalue weighted by Crippen LogP contribution is -2.22. The fourth-order valence-electron chi connectivity index (χ4n) is 1.86. The minimum absolute atomic E-state index is 0.289. The number of benzene rings is 1. The van der Waals surface area contributed by atoms with E-state index in [0.29, 0.717) is 47.8 Å². The Balaban J connectivity index is 1.87. The molecular weight excluding hydrogens is 270 g/mol. The van der Waals surface area contributed by atoms with Crippen molar-refractivity contribution in [2.45, 2.75) is 6.10 Å². The number of nitrogens with zero attached hydrogens (tertiary/aromatic N) is 2. The molecule has 0 amide bonds. The lowest BCUT2D eigenvalue weighted by molar-refractivity contribution is -0.0941. The maximum Gasteiger partial charge on any atom is 0.258 e. The first-order valence-corrected chi connectivity index (χ1v) is 6.19. The van der Waals surface area contributed by atoms with Crippen LogP contribution in [0.5, 0.6) is 0 Å². The molecule has 1 aromatic heterocycles. The zero-order valence-electron chi connectivity index (χ0n) is 10.0. The molecule has 0 aliphatic carbocycles. The number of halogens is 1. The standard InChI is InChI=1S/C12H12ClN3O3/c13-8-3-7(4-9(14)5-8)12-15-11(16-19-12)10-6-17-1-2-18-10/h3-5,10H,1-2,6,14H2. The second-order valence-corrected chi connectivity index (χ2v) is 4.60. The lowest BCUT2D eigenvalue weighted by Gasteiger charge is -2.19. The molecule has 2 aromatic rings. The van der Waals surface area contributed by atoms with Crippen LogP contribution in [0.25, 0.3) is 11.5 Å². The topological polar surface area (TPSA) is 83.4 Å². The quantitative estimate of drug-likeness (QED) is 0.848. The predicted molar refractivity (Wildman–Crippen MR) is 68.7 cm³/mol. The average molecular weight is 282 g/mol. The fraction of sp³-hybridized carbons (Fsp3) is 0.333. The Morgan fingerprint density at radius 1 is 1.26 bits per heavy atom. The summed E-state index contributed by atoms with van der Waals surface area (Å²) in [5, 5.41) is 4.42. The van der Waals surface area contributed by atoms with E-state index in [1.807, 2.05) is 0 Å². The Kier molecular flexibility index (Phi) is 3.37. The predicted octanol–water partition coefficient (Wildman–Crippen LogP) is 2.06. The number of hydrogen-bond acceptors (Lipinski definition) is 6. The van der Waals surface area contributed by atoms with E-state index in [2.05, 4.69) is 10.1 Å². The zero-order valence-corrected chi connectivity index (χ0v) is 10.8. The van der Waals surface area contributed by atoms with Gasteiger partial charge in [0, 0.05) is 16.3 Å². The van der Waals surface area contributed by atoms with Crippen LogP contribution in [0.3, 0.4) is 0 Å². The summed E-state index contributed by atoms with van der Waals surface area (Å²) in [6.07, 6.45) is -0.289. The third kappa shape index (κ3) is 2.70. The average Bonchev–Trinajstić information content (AvgIpc) is 2.88. The maximum absolute atomic E-state index is 5.94. The third-order valence-electron chi connectivity index (χ3n) is 2.71. The first kappa shape index (κ1) is 12.4. The SMILES string of the molecule is Nc1cc(Cl)cc(-c2nc(C3COCCO3)no2)c1. The molecule has 6 nitrogen and oxygen atoms in total. The van der Waals surface area contributed by atoms with Crippen molar-refractivity contribution < 1.29 is 14.0 Å². The maximum atomic E-state index is 5.94. The van der Waals surface area contributed by atoms with Gasteiger partial charge in [0.15, 0.2) is 0 Å². The molecule has 0 spiro atoms. The van der Waals surface area contributed by atoms with E-state index in [-0.39, 0.29) is 6.10 Å². The second kappa shape index (κ2) is 5.16. The number of rotatable bonds is 2. The van der Waals surface area contributed by atoms with Gasteiger partial charge in [0.05, 0.1) is 19.8 Å². The molecule has 1 aromatic carbocycles. The van der Waals surface area contributed by atoms with Gasteiger partial charge in [-0.15, -0.1) is 0 Å². The largest absolute Gasteiger partial charge is 0.399 e. The summed E-state index contributed by atoms with van der Waals surface area (Å²) in [5.74, 6) is 0.826. The molecule has 2 heterocycles. The molecule has 1 fully saturated rings. The van der Waals surface area contributed by atoms with E-state index in [4.69, 9.17) is 31.3 Å². The Labute approximate surface area is 114 Å². The molecule has 1 aliphatic heterocycles. The molecule has 0 saturated carbocycles. The molecule has 0 radical (unpaired) electrons. The van der Waals surface area contributed by atoms with Crippen molar-refractivity contribution in [2.75, 3.05) is 25.6 Å². The Bertz CT molecular complexity index is 561. The van der Waals surface area contributed by atoms with Gasteiger partial charge in [-0.2, -0.15) is 4.98 Å². The number of nitrogen functional groups attached to an aromatic ring is 1. The van der Waals surface area contributed by atoms with Crippen molar-refractivity contribution in [3.05, 3.63) is 29.0 Å². The highest BCUT2D eigenvalue weighted by Gasteiger charge is 2.22. The van der Waals surface area contributed by atoms with E-state index in [9.17, 15) is 0 Å². The van der Waals surface area contributed by atoms with Crippen LogP contribution in [0.1, 0.15) is 11.9 Å². The molecule has 2 N–H and O–H groups in total. The summed E-state index contributed by atoms with van der Waals surface area (Å²) in [6, 6.07) is 5.09. The second-order valence-electron chi connectivity index (χ2n) is 4.17. The first-order chi connectivity index (χ1) is 9.22. The van der Waals surface area contributed by atoms with E-state index < -0.39 is 0 Å². The highest BCUT2D eigenvalue weighted by molar-refractivity contribution is 6.31. The molecule has 1 saturated heterocycles. The van der Waals surface area contributed by atoms with Crippen LogP contribution in [0.2, 0.25) is 5.02 Å². The van der Waals surface area contributed by atoms with Gasteiger partial charge in [-0.1, -0.05) is 16.8 Å². The Morgan fingerprint density at radius 2 is 2.16 bits per heavy atom. The molecule has 19 heavy (non-hydrogen) atoms. The number of ether oxygens (including phenoxy) is 2. The summed E-state index contributed by atoms with van der Waals surface area (Å²) >= 11 is 5.94. The molecule has 1 aliphatic rings. The zero-order chi connectivity index (χ0) is 13.2. The highest BCUT2D eigenvalue weighted by Crippen LogP contribution is 2.26. The van der Waals surface area contributed by atoms with Crippen LogP contribution in [0, 0.1) is 0 Å². The molecule has 1 unspecified atom stereocenters. The Morgan fingerprint density at radius 3 is 2.89 bits per heavy atom. The summed E-state index contributed by atoms with van der Waals surface area (Å²) < 4.78 is 16.0. The molecule has 0 bridgehead atoms. The molecule has 3 rings (SSSR count).